The van der Waals surface area contributed by atoms with Crippen molar-refractivity contribution in [3.8, 4) is 0 Å². The van der Waals surface area contributed by atoms with Gasteiger partial charge in [0, 0.05) is 17.8 Å². The molecule has 2 aromatic carbocycles. The molecule has 2 heterocycles. The number of fused-ring (bicyclic) bond motifs is 2. The highest BCUT2D eigenvalue weighted by molar-refractivity contribution is 5.96. The number of benzene rings is 2. The SMILES string of the molecule is NC(=O)c1cccc2c1CCCN2Cc1nc2ccccc2o1. The van der Waals surface area contributed by atoms with Gasteiger partial charge in [0.25, 0.3) is 0 Å². The van der Waals surface area contributed by atoms with Gasteiger partial charge in [0.2, 0.25) is 11.8 Å². The van der Waals surface area contributed by atoms with Crippen LogP contribution in [-0.2, 0) is 13.0 Å². The van der Waals surface area contributed by atoms with Gasteiger partial charge in [-0.25, -0.2) is 4.98 Å². The summed E-state index contributed by atoms with van der Waals surface area (Å²) in [5, 5.41) is 0. The topological polar surface area (TPSA) is 72.4 Å². The smallest absolute Gasteiger partial charge is 0.249 e. The average molecular weight is 307 g/mol. The Hall–Kier alpha value is -2.82. The summed E-state index contributed by atoms with van der Waals surface area (Å²) in [5.41, 5.74) is 9.86. The molecule has 0 radical (unpaired) electrons. The average Bonchev–Trinajstić information content (AvgIpc) is 2.97. The summed E-state index contributed by atoms with van der Waals surface area (Å²) in [7, 11) is 0. The molecule has 0 fully saturated rings. The molecule has 1 aliphatic heterocycles. The van der Waals surface area contributed by atoms with Gasteiger partial charge in [0.15, 0.2) is 5.58 Å². The van der Waals surface area contributed by atoms with Crippen LogP contribution in [0.4, 0.5) is 5.69 Å². The van der Waals surface area contributed by atoms with Crippen LogP contribution in [-0.4, -0.2) is 17.4 Å². The molecule has 1 aliphatic rings. The summed E-state index contributed by atoms with van der Waals surface area (Å²) in [6.07, 6.45) is 1.86. The van der Waals surface area contributed by atoms with E-state index in [-0.39, 0.29) is 5.91 Å². The Balaban J connectivity index is 1.69. The van der Waals surface area contributed by atoms with E-state index in [1.807, 2.05) is 36.4 Å². The van der Waals surface area contributed by atoms with E-state index in [1.54, 1.807) is 6.07 Å². The van der Waals surface area contributed by atoms with Crippen LogP contribution >= 0.6 is 0 Å². The van der Waals surface area contributed by atoms with Crippen LogP contribution in [0.1, 0.15) is 28.2 Å². The van der Waals surface area contributed by atoms with Crippen LogP contribution in [0.15, 0.2) is 46.9 Å². The van der Waals surface area contributed by atoms with Gasteiger partial charge in [0.05, 0.1) is 6.54 Å². The number of hydrogen-bond acceptors (Lipinski definition) is 4. The first-order valence-corrected chi connectivity index (χ1v) is 7.73. The Morgan fingerprint density at radius 3 is 2.91 bits per heavy atom. The van der Waals surface area contributed by atoms with E-state index in [1.165, 1.54) is 0 Å². The number of rotatable bonds is 3. The van der Waals surface area contributed by atoms with E-state index in [9.17, 15) is 4.79 Å². The van der Waals surface area contributed by atoms with E-state index in [0.717, 1.165) is 41.7 Å². The largest absolute Gasteiger partial charge is 0.439 e. The molecule has 0 aliphatic carbocycles. The first-order chi connectivity index (χ1) is 11.2. The summed E-state index contributed by atoms with van der Waals surface area (Å²) >= 11 is 0. The maximum atomic E-state index is 11.6. The zero-order valence-corrected chi connectivity index (χ0v) is 12.7. The maximum Gasteiger partial charge on any atom is 0.249 e. The summed E-state index contributed by atoms with van der Waals surface area (Å²) in [6.45, 7) is 1.50. The Morgan fingerprint density at radius 1 is 1.22 bits per heavy atom. The van der Waals surface area contributed by atoms with Crippen LogP contribution in [0, 0.1) is 0 Å². The van der Waals surface area contributed by atoms with Gasteiger partial charge in [-0.2, -0.15) is 0 Å². The van der Waals surface area contributed by atoms with E-state index in [4.69, 9.17) is 10.2 Å². The second-order valence-corrected chi connectivity index (χ2v) is 5.77. The number of amides is 1. The van der Waals surface area contributed by atoms with E-state index in [2.05, 4.69) is 9.88 Å². The minimum absolute atomic E-state index is 0.370. The molecule has 2 N–H and O–H groups in total. The molecule has 5 nitrogen and oxygen atoms in total. The number of hydrogen-bond donors (Lipinski definition) is 1. The van der Waals surface area contributed by atoms with Crippen LogP contribution in [0.25, 0.3) is 11.1 Å². The number of primary amides is 1. The third-order valence-electron chi connectivity index (χ3n) is 4.28. The quantitative estimate of drug-likeness (QED) is 0.807. The second-order valence-electron chi connectivity index (χ2n) is 5.77. The zero-order chi connectivity index (χ0) is 15.8. The molecule has 5 heteroatoms. The van der Waals surface area contributed by atoms with Gasteiger partial charge in [-0.3, -0.25) is 4.79 Å². The number of carbonyl (C=O) groups is 1. The van der Waals surface area contributed by atoms with Gasteiger partial charge in [0.1, 0.15) is 5.52 Å². The molecule has 1 aromatic heterocycles. The maximum absolute atomic E-state index is 11.6. The highest BCUT2D eigenvalue weighted by Gasteiger charge is 2.22. The number of nitrogens with two attached hydrogens (primary N) is 1. The number of anilines is 1. The van der Waals surface area contributed by atoms with Crippen LogP contribution in [0.2, 0.25) is 0 Å². The van der Waals surface area contributed by atoms with Crippen LogP contribution < -0.4 is 10.6 Å². The van der Waals surface area contributed by atoms with E-state index >= 15 is 0 Å². The van der Waals surface area contributed by atoms with Crippen molar-refractivity contribution in [1.29, 1.82) is 0 Å². The van der Waals surface area contributed by atoms with Crippen LogP contribution in [0.3, 0.4) is 0 Å². The zero-order valence-electron chi connectivity index (χ0n) is 12.7. The lowest BCUT2D eigenvalue weighted by atomic mass is 9.96. The van der Waals surface area contributed by atoms with E-state index < -0.39 is 0 Å². The Bertz CT molecular complexity index is 852. The summed E-state index contributed by atoms with van der Waals surface area (Å²) in [4.78, 5) is 18.4. The fourth-order valence-corrected chi connectivity index (χ4v) is 3.25. The van der Waals surface area contributed by atoms with Crippen molar-refractivity contribution in [2.24, 2.45) is 5.73 Å². The van der Waals surface area contributed by atoms with Gasteiger partial charge in [-0.15, -0.1) is 0 Å². The molecular formula is C18H17N3O2. The lowest BCUT2D eigenvalue weighted by molar-refractivity contribution is 0.0999. The third-order valence-corrected chi connectivity index (χ3v) is 4.28. The van der Waals surface area contributed by atoms with Gasteiger partial charge < -0.3 is 15.1 Å². The molecule has 0 saturated heterocycles. The fraction of sp³-hybridized carbons (Fsp3) is 0.222. The Morgan fingerprint density at radius 2 is 2.09 bits per heavy atom. The van der Waals surface area contributed by atoms with Crippen molar-refractivity contribution >= 4 is 22.7 Å². The monoisotopic (exact) mass is 307 g/mol. The van der Waals surface area contributed by atoms with E-state index in [0.29, 0.717) is 18.0 Å². The minimum atomic E-state index is -0.370. The normalized spacial score (nSPS) is 14.0. The predicted octanol–water partition coefficient (Wildman–Crippen LogP) is 2.88. The molecule has 0 atom stereocenters. The first kappa shape index (κ1) is 13.8. The Kier molecular flexibility index (Phi) is 3.26. The first-order valence-electron chi connectivity index (χ1n) is 7.73. The van der Waals surface area contributed by atoms with Crippen molar-refractivity contribution in [2.45, 2.75) is 19.4 Å². The van der Waals surface area contributed by atoms with Gasteiger partial charge in [-0.05, 0) is 42.7 Å². The lowest BCUT2D eigenvalue weighted by Crippen LogP contribution is -2.30. The van der Waals surface area contributed by atoms with Crippen molar-refractivity contribution in [3.05, 3.63) is 59.5 Å². The molecular weight excluding hydrogens is 290 g/mol. The van der Waals surface area contributed by atoms with Gasteiger partial charge >= 0.3 is 0 Å². The second kappa shape index (κ2) is 5.43. The lowest BCUT2D eigenvalue weighted by Gasteiger charge is -2.31. The standard InChI is InChI=1S/C18H17N3O2/c19-18(22)13-5-3-8-15-12(13)6-4-10-21(15)11-17-20-14-7-1-2-9-16(14)23-17/h1-3,5,7-9H,4,6,10-11H2,(H2,19,22). The van der Waals surface area contributed by atoms with Crippen molar-refractivity contribution in [1.82, 2.24) is 4.98 Å². The third kappa shape index (κ3) is 2.44. The van der Waals surface area contributed by atoms with Gasteiger partial charge in [-0.1, -0.05) is 18.2 Å². The number of aromatic nitrogens is 1. The number of nitrogens with zero attached hydrogens (tertiary/aromatic N) is 2. The Labute approximate surface area is 133 Å². The molecule has 4 rings (SSSR count). The summed E-state index contributed by atoms with van der Waals surface area (Å²) in [5.74, 6) is 0.314. The highest BCUT2D eigenvalue weighted by Crippen LogP contribution is 2.31. The molecule has 0 spiro atoms. The minimum Gasteiger partial charge on any atom is -0.439 e. The number of carbonyl (C=O) groups excluding carboxylic acids is 1. The van der Waals surface area contributed by atoms with Crippen molar-refractivity contribution < 1.29 is 9.21 Å². The molecule has 23 heavy (non-hydrogen) atoms. The summed E-state index contributed by atoms with van der Waals surface area (Å²) in [6, 6.07) is 13.5. The van der Waals surface area contributed by atoms with Crippen molar-refractivity contribution in [2.75, 3.05) is 11.4 Å². The predicted molar refractivity (Wildman–Crippen MR) is 88.3 cm³/mol. The van der Waals surface area contributed by atoms with Crippen LogP contribution in [0.5, 0.6) is 0 Å². The number of oxazole rings is 1. The summed E-state index contributed by atoms with van der Waals surface area (Å²) < 4.78 is 5.82. The molecule has 0 bridgehead atoms. The highest BCUT2D eigenvalue weighted by atomic mass is 16.3. The molecule has 3 aromatic rings. The fourth-order valence-electron chi connectivity index (χ4n) is 3.25. The molecule has 0 unspecified atom stereocenters. The molecule has 116 valence electrons. The van der Waals surface area contributed by atoms with Crippen molar-refractivity contribution in [3.63, 3.8) is 0 Å². The number of para-hydroxylation sites is 2. The molecule has 1 amide bonds. The molecule has 0 saturated carbocycles.